The van der Waals surface area contributed by atoms with E-state index < -0.39 is 11.7 Å². The van der Waals surface area contributed by atoms with Crippen molar-refractivity contribution in [1.29, 1.82) is 0 Å². The van der Waals surface area contributed by atoms with E-state index in [-0.39, 0.29) is 24.2 Å². The molecule has 1 N–H and O–H groups in total. The van der Waals surface area contributed by atoms with Gasteiger partial charge in [0, 0.05) is 41.7 Å². The highest BCUT2D eigenvalue weighted by atomic mass is 19.4. The summed E-state index contributed by atoms with van der Waals surface area (Å²) in [6.07, 6.45) is 9.04. The Balaban J connectivity index is 1.37. The monoisotopic (exact) mass is 475 g/mol. The fourth-order valence-electron chi connectivity index (χ4n) is 6.30. The van der Waals surface area contributed by atoms with Crippen molar-refractivity contribution in [3.05, 3.63) is 53.6 Å². The van der Waals surface area contributed by atoms with Crippen LogP contribution in [0.1, 0.15) is 49.3 Å². The van der Waals surface area contributed by atoms with Gasteiger partial charge in [-0.2, -0.15) is 13.2 Å². The van der Waals surface area contributed by atoms with E-state index >= 15 is 0 Å². The summed E-state index contributed by atoms with van der Waals surface area (Å²) in [5, 5.41) is 3.61. The van der Waals surface area contributed by atoms with Gasteiger partial charge in [0.15, 0.2) is 0 Å². The first-order chi connectivity index (χ1) is 16.3. The highest BCUT2D eigenvalue weighted by Gasteiger charge is 2.45. The van der Waals surface area contributed by atoms with Crippen LogP contribution >= 0.6 is 0 Å². The number of benzene rings is 1. The third-order valence-corrected chi connectivity index (χ3v) is 8.30. The lowest BCUT2D eigenvalue weighted by atomic mass is 9.73. The Morgan fingerprint density at radius 3 is 2.62 bits per heavy atom. The number of fused-ring (bicyclic) bond motifs is 3. The average molecular weight is 476 g/mol. The van der Waals surface area contributed by atoms with Crippen LogP contribution in [0.25, 0.3) is 0 Å². The Bertz CT molecular complexity index is 922. The molecule has 0 amide bonds. The smallest absolute Gasteiger partial charge is 0.381 e. The zero-order valence-electron chi connectivity index (χ0n) is 20.1. The minimum atomic E-state index is -4.36. The van der Waals surface area contributed by atoms with Crippen molar-refractivity contribution in [2.24, 2.45) is 11.8 Å². The van der Waals surface area contributed by atoms with Gasteiger partial charge in [0.2, 0.25) is 0 Å². The van der Waals surface area contributed by atoms with Gasteiger partial charge in [-0.3, -0.25) is 0 Å². The molecule has 1 unspecified atom stereocenters. The van der Waals surface area contributed by atoms with Crippen LogP contribution < -0.4 is 5.32 Å². The second kappa shape index (κ2) is 9.67. The van der Waals surface area contributed by atoms with E-state index in [1.54, 1.807) is 6.07 Å². The molecule has 2 fully saturated rings. The van der Waals surface area contributed by atoms with Crippen molar-refractivity contribution in [2.45, 2.75) is 62.6 Å². The van der Waals surface area contributed by atoms with E-state index in [4.69, 9.17) is 4.74 Å². The van der Waals surface area contributed by atoms with E-state index in [2.05, 4.69) is 53.5 Å². The predicted octanol–water partition coefficient (Wildman–Crippen LogP) is 5.49. The number of hydrogen-bond acceptors (Lipinski definition) is 4. The molecule has 3 heterocycles. The van der Waals surface area contributed by atoms with Gasteiger partial charge in [-0.15, -0.1) is 0 Å². The number of halogens is 3. The van der Waals surface area contributed by atoms with Crippen LogP contribution in [0.4, 0.5) is 18.9 Å². The maximum Gasteiger partial charge on any atom is 0.416 e. The summed E-state index contributed by atoms with van der Waals surface area (Å²) in [6, 6.07) is 4.80. The summed E-state index contributed by atoms with van der Waals surface area (Å²) in [4.78, 5) is 4.78. The van der Waals surface area contributed by atoms with E-state index in [9.17, 15) is 13.2 Å². The van der Waals surface area contributed by atoms with Crippen molar-refractivity contribution in [1.82, 2.24) is 9.80 Å². The quantitative estimate of drug-likeness (QED) is 0.623. The summed E-state index contributed by atoms with van der Waals surface area (Å²) in [5.41, 5.74) is 0.851. The second-order valence-corrected chi connectivity index (χ2v) is 10.6. The number of nitrogens with zero attached hydrogens (tertiary/aromatic N) is 2. The molecular weight excluding hydrogens is 439 g/mol. The first-order valence-electron chi connectivity index (χ1n) is 12.6. The molecule has 1 aromatic rings. The van der Waals surface area contributed by atoms with Gasteiger partial charge in [-0.25, -0.2) is 0 Å². The minimum absolute atomic E-state index is 0.0360. The molecule has 0 aromatic heterocycles. The molecule has 5 atom stereocenters. The third-order valence-electron chi connectivity index (χ3n) is 8.30. The first kappa shape index (κ1) is 23.9. The van der Waals surface area contributed by atoms with Crippen LogP contribution in [0, 0.1) is 11.8 Å². The van der Waals surface area contributed by atoms with Crippen LogP contribution in [0.2, 0.25) is 0 Å². The van der Waals surface area contributed by atoms with Crippen LogP contribution in [0.5, 0.6) is 0 Å². The van der Waals surface area contributed by atoms with Crippen molar-refractivity contribution >= 4 is 5.69 Å². The Labute approximate surface area is 200 Å². The van der Waals surface area contributed by atoms with E-state index in [1.807, 2.05) is 0 Å². The molecule has 2 saturated heterocycles. The number of likely N-dealkylation sites (tertiary alicyclic amines) is 1. The Morgan fingerprint density at radius 1 is 1.12 bits per heavy atom. The average Bonchev–Trinajstić information content (AvgIpc) is 2.83. The minimum Gasteiger partial charge on any atom is -0.381 e. The van der Waals surface area contributed by atoms with Gasteiger partial charge in [0.25, 0.3) is 0 Å². The number of anilines is 1. The zero-order valence-corrected chi connectivity index (χ0v) is 20.1. The molecule has 186 valence electrons. The molecule has 3 aliphatic heterocycles. The second-order valence-electron chi connectivity index (χ2n) is 10.6. The lowest BCUT2D eigenvalue weighted by molar-refractivity contribution is -0.138. The van der Waals surface area contributed by atoms with Crippen LogP contribution in [-0.4, -0.2) is 61.7 Å². The third kappa shape index (κ3) is 4.93. The molecule has 7 heteroatoms. The van der Waals surface area contributed by atoms with Gasteiger partial charge in [0.05, 0.1) is 17.8 Å². The van der Waals surface area contributed by atoms with Crippen LogP contribution in [-0.2, 0) is 10.9 Å². The normalized spacial score (nSPS) is 32.4. The Hall–Kier alpha value is -1.83. The molecule has 0 saturated carbocycles. The number of ether oxygens (including phenoxy) is 1. The van der Waals surface area contributed by atoms with Crippen molar-refractivity contribution in [2.75, 3.05) is 39.0 Å². The van der Waals surface area contributed by atoms with Crippen molar-refractivity contribution in [3.8, 4) is 0 Å². The van der Waals surface area contributed by atoms with Crippen molar-refractivity contribution in [3.63, 3.8) is 0 Å². The molecule has 0 radical (unpaired) electrons. The first-order valence-corrected chi connectivity index (χ1v) is 12.6. The lowest BCUT2D eigenvalue weighted by Crippen LogP contribution is -2.50. The summed E-state index contributed by atoms with van der Waals surface area (Å²) in [6.45, 7) is 3.04. The zero-order chi connectivity index (χ0) is 23.9. The topological polar surface area (TPSA) is 27.7 Å². The molecular formula is C27H36F3N3O. The van der Waals surface area contributed by atoms with Gasteiger partial charge < -0.3 is 19.9 Å². The summed E-state index contributed by atoms with van der Waals surface area (Å²) >= 11 is 0. The van der Waals surface area contributed by atoms with Crippen LogP contribution in [0.15, 0.2) is 42.5 Å². The van der Waals surface area contributed by atoms with Crippen LogP contribution in [0.3, 0.4) is 0 Å². The van der Waals surface area contributed by atoms with E-state index in [1.165, 1.54) is 12.1 Å². The van der Waals surface area contributed by atoms with Gasteiger partial charge in [-0.1, -0.05) is 24.3 Å². The number of alkyl halides is 3. The number of likely N-dealkylation sites (N-methyl/N-ethyl adjacent to an activating group) is 1. The van der Waals surface area contributed by atoms with Gasteiger partial charge in [-0.05, 0) is 77.5 Å². The summed E-state index contributed by atoms with van der Waals surface area (Å²) < 4.78 is 47.3. The molecule has 4 nitrogen and oxygen atoms in total. The van der Waals surface area contributed by atoms with Gasteiger partial charge in [0.1, 0.15) is 0 Å². The number of hydrogen-bond donors (Lipinski definition) is 1. The highest BCUT2D eigenvalue weighted by Crippen LogP contribution is 2.49. The fourth-order valence-corrected chi connectivity index (χ4v) is 6.30. The molecule has 1 aromatic carbocycles. The molecule has 34 heavy (non-hydrogen) atoms. The summed E-state index contributed by atoms with van der Waals surface area (Å²) in [7, 11) is 4.34. The number of rotatable bonds is 4. The number of nitrogens with one attached hydrogen (secondary N) is 1. The molecule has 0 bridgehead atoms. The maximum atomic E-state index is 13.5. The lowest BCUT2D eigenvalue weighted by Gasteiger charge is -2.48. The molecule has 1 aliphatic carbocycles. The number of piperidine rings is 1. The van der Waals surface area contributed by atoms with Gasteiger partial charge >= 0.3 is 6.18 Å². The molecule has 5 rings (SSSR count). The molecule has 4 aliphatic rings. The molecule has 0 spiro atoms. The van der Waals surface area contributed by atoms with E-state index in [0.717, 1.165) is 57.4 Å². The largest absolute Gasteiger partial charge is 0.416 e. The Kier molecular flexibility index (Phi) is 6.79. The summed E-state index contributed by atoms with van der Waals surface area (Å²) in [5.74, 6) is 0.469. The predicted molar refractivity (Wildman–Crippen MR) is 129 cm³/mol. The Morgan fingerprint density at radius 2 is 1.91 bits per heavy atom. The standard InChI is InChI=1S/C27H36F3N3O/c1-32-14-12-20(13-15-32)33(2)17-21-9-10-22-25(18-6-4-3-5-7-18)31-24-11-8-19(27(28,29)30)16-23(24)26(22)34-21/h3-6,8,11,16,18,20-22,25-26,31H,7,9-10,12-15,17H2,1-2H3/t18?,21-,22+,25+,26+/m1/s1. The highest BCUT2D eigenvalue weighted by molar-refractivity contribution is 5.58. The van der Waals surface area contributed by atoms with E-state index in [0.29, 0.717) is 17.5 Å². The number of allylic oxidation sites excluding steroid dienone is 3. The fraction of sp³-hybridized carbons (Fsp3) is 0.630. The van der Waals surface area contributed by atoms with Crippen molar-refractivity contribution < 1.29 is 17.9 Å². The SMILES string of the molecule is CN1CCC(N(C)C[C@H]2CC[C@@H]3[C@H](O2)c2cc(C(F)(F)F)ccc2N[C@H]3C2C=CC=CC2)CC1. The maximum absolute atomic E-state index is 13.5.